The Morgan fingerprint density at radius 1 is 1.33 bits per heavy atom. The van der Waals surface area contributed by atoms with E-state index in [9.17, 15) is 0 Å². The van der Waals surface area contributed by atoms with Crippen molar-refractivity contribution >= 4 is 27.5 Å². The van der Waals surface area contributed by atoms with Gasteiger partial charge in [-0.15, -0.1) is 0 Å². The van der Waals surface area contributed by atoms with Crippen LogP contribution in [0.5, 0.6) is 5.75 Å². The third-order valence-corrected chi connectivity index (χ3v) is 5.34. The van der Waals surface area contributed by atoms with E-state index in [4.69, 9.17) is 16.3 Å². The summed E-state index contributed by atoms with van der Waals surface area (Å²) in [5.41, 5.74) is 1.18. The van der Waals surface area contributed by atoms with Gasteiger partial charge in [-0.1, -0.05) is 38.3 Å². The van der Waals surface area contributed by atoms with Crippen molar-refractivity contribution in [2.45, 2.75) is 45.6 Å². The maximum Gasteiger partial charge on any atom is 0.137 e. The molecule has 0 spiro atoms. The lowest BCUT2D eigenvalue weighted by Crippen LogP contribution is -2.31. The van der Waals surface area contributed by atoms with Gasteiger partial charge in [0.15, 0.2) is 0 Å². The van der Waals surface area contributed by atoms with Crippen molar-refractivity contribution in [3.63, 3.8) is 0 Å². The van der Waals surface area contributed by atoms with Gasteiger partial charge in [0, 0.05) is 16.6 Å². The van der Waals surface area contributed by atoms with Gasteiger partial charge in [0.05, 0.1) is 11.6 Å². The average Bonchev–Trinajstić information content (AvgIpc) is 2.45. The molecule has 1 aliphatic rings. The first-order valence-corrected chi connectivity index (χ1v) is 9.00. The van der Waals surface area contributed by atoms with E-state index < -0.39 is 0 Å². The highest BCUT2D eigenvalue weighted by molar-refractivity contribution is 9.10. The van der Waals surface area contributed by atoms with E-state index in [0.29, 0.717) is 12.0 Å². The molecule has 1 aromatic carbocycles. The first-order valence-electron chi connectivity index (χ1n) is 7.83. The molecule has 1 N–H and O–H groups in total. The molecule has 1 saturated carbocycles. The average molecular weight is 375 g/mol. The minimum absolute atomic E-state index is 0.312. The third kappa shape index (κ3) is 4.14. The normalized spacial score (nSPS) is 23.9. The zero-order valence-corrected chi connectivity index (χ0v) is 15.4. The Kier molecular flexibility index (Phi) is 6.39. The van der Waals surface area contributed by atoms with Crippen LogP contribution in [0.15, 0.2) is 16.6 Å². The highest BCUT2D eigenvalue weighted by Gasteiger charge is 2.29. The highest BCUT2D eigenvalue weighted by atomic mass is 79.9. The van der Waals surface area contributed by atoms with Crippen LogP contribution in [0.2, 0.25) is 5.02 Å². The summed E-state index contributed by atoms with van der Waals surface area (Å²) in [6.45, 7) is 5.46. The van der Waals surface area contributed by atoms with Crippen LogP contribution in [0, 0.1) is 11.8 Å². The summed E-state index contributed by atoms with van der Waals surface area (Å²) in [4.78, 5) is 0. The molecule has 0 bridgehead atoms. The number of nitrogens with one attached hydrogen (secondary N) is 1. The second-order valence-corrected chi connectivity index (χ2v) is 7.36. The fourth-order valence-electron chi connectivity index (χ4n) is 3.40. The quantitative estimate of drug-likeness (QED) is 0.725. The smallest absolute Gasteiger partial charge is 0.137 e. The molecular weight excluding hydrogens is 350 g/mol. The molecule has 1 fully saturated rings. The maximum absolute atomic E-state index is 6.27. The van der Waals surface area contributed by atoms with Crippen LogP contribution in [0.1, 0.15) is 51.1 Å². The second-order valence-electron chi connectivity index (χ2n) is 6.07. The van der Waals surface area contributed by atoms with Gasteiger partial charge in [-0.2, -0.15) is 0 Å². The summed E-state index contributed by atoms with van der Waals surface area (Å²) in [5.74, 6) is 2.42. The van der Waals surface area contributed by atoms with E-state index in [1.165, 1.54) is 31.2 Å². The molecule has 21 heavy (non-hydrogen) atoms. The van der Waals surface area contributed by atoms with Gasteiger partial charge in [0.2, 0.25) is 0 Å². The monoisotopic (exact) mass is 373 g/mol. The van der Waals surface area contributed by atoms with Crippen molar-refractivity contribution in [1.29, 1.82) is 0 Å². The molecule has 118 valence electrons. The number of halogens is 2. The predicted octanol–water partition coefficient (Wildman–Crippen LogP) is 5.59. The van der Waals surface area contributed by atoms with E-state index in [1.54, 1.807) is 7.11 Å². The summed E-state index contributed by atoms with van der Waals surface area (Å²) in [6.07, 6.45) is 5.17. The summed E-state index contributed by atoms with van der Waals surface area (Å²) < 4.78 is 6.56. The van der Waals surface area contributed by atoms with Crippen LogP contribution in [0.4, 0.5) is 0 Å². The highest BCUT2D eigenvalue weighted by Crippen LogP contribution is 2.43. The van der Waals surface area contributed by atoms with Crippen molar-refractivity contribution in [3.05, 3.63) is 27.2 Å². The van der Waals surface area contributed by atoms with Gasteiger partial charge in [-0.3, -0.25) is 0 Å². The molecule has 0 saturated heterocycles. The van der Waals surface area contributed by atoms with Gasteiger partial charge < -0.3 is 10.1 Å². The molecule has 0 amide bonds. The zero-order valence-electron chi connectivity index (χ0n) is 13.1. The number of rotatable bonds is 5. The molecule has 0 radical (unpaired) electrons. The van der Waals surface area contributed by atoms with E-state index in [1.807, 2.05) is 6.07 Å². The van der Waals surface area contributed by atoms with Crippen LogP contribution >= 0.6 is 27.5 Å². The lowest BCUT2D eigenvalue weighted by molar-refractivity contribution is 0.229. The second kappa shape index (κ2) is 7.85. The number of ether oxygens (including phenoxy) is 1. The Morgan fingerprint density at radius 2 is 2.00 bits per heavy atom. The molecule has 0 aromatic heterocycles. The van der Waals surface area contributed by atoms with Crippen molar-refractivity contribution < 1.29 is 4.74 Å². The number of methoxy groups -OCH3 is 1. The SMILES string of the molecule is CCNC(c1cc(Cl)cc(Br)c1OC)C1CCC(C)CC1. The minimum Gasteiger partial charge on any atom is -0.495 e. The third-order valence-electron chi connectivity index (χ3n) is 4.53. The van der Waals surface area contributed by atoms with Crippen LogP contribution in [-0.4, -0.2) is 13.7 Å². The summed E-state index contributed by atoms with van der Waals surface area (Å²) in [5, 5.41) is 4.41. The fourth-order valence-corrected chi connectivity index (χ4v) is 4.39. The first kappa shape index (κ1) is 17.1. The Bertz CT molecular complexity index is 472. The lowest BCUT2D eigenvalue weighted by Gasteiger charge is -2.34. The van der Waals surface area contributed by atoms with E-state index in [2.05, 4.69) is 41.2 Å². The molecular formula is C17H25BrClNO. The van der Waals surface area contributed by atoms with Crippen molar-refractivity contribution in [2.75, 3.05) is 13.7 Å². The van der Waals surface area contributed by atoms with Gasteiger partial charge >= 0.3 is 0 Å². The van der Waals surface area contributed by atoms with E-state index >= 15 is 0 Å². The molecule has 0 heterocycles. The number of benzene rings is 1. The molecule has 1 unspecified atom stereocenters. The number of hydrogen-bond acceptors (Lipinski definition) is 2. The summed E-state index contributed by atoms with van der Waals surface area (Å²) in [7, 11) is 1.73. The topological polar surface area (TPSA) is 21.3 Å². The van der Waals surface area contributed by atoms with Crippen molar-refractivity contribution in [3.8, 4) is 5.75 Å². The summed E-state index contributed by atoms with van der Waals surface area (Å²) >= 11 is 9.85. The van der Waals surface area contributed by atoms with Gasteiger partial charge in [-0.05, 0) is 59.3 Å². The first-order chi connectivity index (χ1) is 10.1. The van der Waals surface area contributed by atoms with Crippen molar-refractivity contribution in [2.24, 2.45) is 11.8 Å². The largest absolute Gasteiger partial charge is 0.495 e. The minimum atomic E-state index is 0.312. The molecule has 1 aromatic rings. The Labute approximate surface area is 141 Å². The van der Waals surface area contributed by atoms with Crippen LogP contribution in [0.3, 0.4) is 0 Å². The molecule has 0 aliphatic heterocycles. The van der Waals surface area contributed by atoms with Gasteiger partial charge in [0.1, 0.15) is 5.75 Å². The van der Waals surface area contributed by atoms with Crippen molar-refractivity contribution in [1.82, 2.24) is 5.32 Å². The van der Waals surface area contributed by atoms with Gasteiger partial charge in [-0.25, -0.2) is 0 Å². The Balaban J connectivity index is 2.33. The Morgan fingerprint density at radius 3 is 2.57 bits per heavy atom. The predicted molar refractivity (Wildman–Crippen MR) is 93.2 cm³/mol. The van der Waals surface area contributed by atoms with Gasteiger partial charge in [0.25, 0.3) is 0 Å². The lowest BCUT2D eigenvalue weighted by atomic mass is 9.77. The Hall–Kier alpha value is -0.250. The molecule has 1 atom stereocenters. The summed E-state index contributed by atoms with van der Waals surface area (Å²) in [6, 6.07) is 4.26. The van der Waals surface area contributed by atoms with E-state index in [0.717, 1.165) is 27.7 Å². The molecule has 2 nitrogen and oxygen atoms in total. The zero-order chi connectivity index (χ0) is 15.4. The fraction of sp³-hybridized carbons (Fsp3) is 0.647. The van der Waals surface area contributed by atoms with Crippen LogP contribution in [0.25, 0.3) is 0 Å². The molecule has 4 heteroatoms. The van der Waals surface area contributed by atoms with Crippen LogP contribution in [-0.2, 0) is 0 Å². The van der Waals surface area contributed by atoms with Crippen LogP contribution < -0.4 is 10.1 Å². The number of hydrogen-bond donors (Lipinski definition) is 1. The van der Waals surface area contributed by atoms with E-state index in [-0.39, 0.29) is 0 Å². The molecule has 2 rings (SSSR count). The maximum atomic E-state index is 6.27. The molecule has 1 aliphatic carbocycles. The standard InChI is InChI=1S/C17H25BrClNO/c1-4-20-16(12-7-5-11(2)6-8-12)14-9-13(19)10-15(18)17(14)21-3/h9-12,16,20H,4-8H2,1-3H3.